The van der Waals surface area contributed by atoms with E-state index in [4.69, 9.17) is 0 Å². The molecule has 0 bridgehead atoms. The molecule has 1 aromatic heterocycles. The Morgan fingerprint density at radius 2 is 1.83 bits per heavy atom. The fraction of sp³-hybridized carbons (Fsp3) is 0.444. The molecular formula is C18H25N5. The summed E-state index contributed by atoms with van der Waals surface area (Å²) >= 11 is 0. The Morgan fingerprint density at radius 3 is 2.52 bits per heavy atom. The molecule has 1 fully saturated rings. The number of aromatic nitrogens is 2. The number of hydrogen-bond donors (Lipinski definition) is 1. The minimum Gasteiger partial charge on any atom is -0.350 e. The van der Waals surface area contributed by atoms with Crippen LogP contribution in [0.15, 0.2) is 42.7 Å². The monoisotopic (exact) mass is 311 g/mol. The lowest BCUT2D eigenvalue weighted by atomic mass is 10.2. The van der Waals surface area contributed by atoms with Crippen molar-refractivity contribution in [3.63, 3.8) is 0 Å². The van der Waals surface area contributed by atoms with Gasteiger partial charge in [-0.25, -0.2) is 9.97 Å². The van der Waals surface area contributed by atoms with Crippen LogP contribution in [0.5, 0.6) is 0 Å². The first-order valence-corrected chi connectivity index (χ1v) is 8.22. The second-order valence-corrected chi connectivity index (χ2v) is 6.32. The summed E-state index contributed by atoms with van der Waals surface area (Å²) in [5.74, 6) is 0.685. The Hall–Kier alpha value is -1.98. The van der Waals surface area contributed by atoms with E-state index in [0.29, 0.717) is 12.0 Å². The van der Waals surface area contributed by atoms with Crippen LogP contribution >= 0.6 is 0 Å². The van der Waals surface area contributed by atoms with Gasteiger partial charge in [0, 0.05) is 56.7 Å². The van der Waals surface area contributed by atoms with Gasteiger partial charge in [0.05, 0.1) is 0 Å². The molecule has 5 nitrogen and oxygen atoms in total. The summed E-state index contributed by atoms with van der Waals surface area (Å²) in [5.41, 5.74) is 2.40. The lowest BCUT2D eigenvalue weighted by Crippen LogP contribution is -2.49. The van der Waals surface area contributed by atoms with Crippen LogP contribution in [-0.2, 0) is 13.1 Å². The Morgan fingerprint density at radius 1 is 1.09 bits per heavy atom. The molecule has 1 aromatic carbocycles. The summed E-state index contributed by atoms with van der Waals surface area (Å²) in [7, 11) is 2.19. The summed E-state index contributed by atoms with van der Waals surface area (Å²) in [6.45, 7) is 7.28. The summed E-state index contributed by atoms with van der Waals surface area (Å²) < 4.78 is 0. The van der Waals surface area contributed by atoms with Crippen LogP contribution in [0.25, 0.3) is 0 Å². The highest BCUT2D eigenvalue weighted by atomic mass is 15.3. The van der Waals surface area contributed by atoms with Crippen molar-refractivity contribution >= 4 is 5.95 Å². The van der Waals surface area contributed by atoms with Crippen molar-refractivity contribution < 1.29 is 0 Å². The van der Waals surface area contributed by atoms with Gasteiger partial charge in [0.25, 0.3) is 0 Å². The van der Waals surface area contributed by atoms with Gasteiger partial charge >= 0.3 is 0 Å². The summed E-state index contributed by atoms with van der Waals surface area (Å²) in [6, 6.07) is 10.9. The van der Waals surface area contributed by atoms with Crippen molar-refractivity contribution in [3.05, 3.63) is 53.9 Å². The molecule has 0 spiro atoms. The van der Waals surface area contributed by atoms with Crippen molar-refractivity contribution in [2.45, 2.75) is 26.1 Å². The van der Waals surface area contributed by atoms with Crippen LogP contribution in [-0.4, -0.2) is 52.5 Å². The van der Waals surface area contributed by atoms with Crippen LogP contribution < -0.4 is 5.32 Å². The molecule has 122 valence electrons. The van der Waals surface area contributed by atoms with Crippen LogP contribution in [0.3, 0.4) is 0 Å². The molecule has 1 aliphatic heterocycles. The van der Waals surface area contributed by atoms with Gasteiger partial charge < -0.3 is 10.2 Å². The van der Waals surface area contributed by atoms with Crippen molar-refractivity contribution in [1.29, 1.82) is 0 Å². The number of rotatable bonds is 5. The van der Waals surface area contributed by atoms with E-state index in [0.717, 1.165) is 32.7 Å². The van der Waals surface area contributed by atoms with Crippen LogP contribution in [0.2, 0.25) is 0 Å². The smallest absolute Gasteiger partial charge is 0.222 e. The SMILES string of the molecule is C[C@H]1CN(Cc2cnc(NCc3ccccc3)nc2)CCN1C. The molecule has 0 aliphatic carbocycles. The second kappa shape index (κ2) is 7.53. The number of benzene rings is 1. The predicted octanol–water partition coefficient (Wildman–Crippen LogP) is 2.22. The number of hydrogen-bond acceptors (Lipinski definition) is 5. The lowest BCUT2D eigenvalue weighted by Gasteiger charge is -2.37. The summed E-state index contributed by atoms with van der Waals surface area (Å²) in [5, 5.41) is 3.26. The van der Waals surface area contributed by atoms with E-state index in [1.165, 1.54) is 11.1 Å². The first-order chi connectivity index (χ1) is 11.2. The highest BCUT2D eigenvalue weighted by Crippen LogP contribution is 2.11. The zero-order valence-corrected chi connectivity index (χ0v) is 13.9. The number of nitrogens with zero attached hydrogens (tertiary/aromatic N) is 4. The van der Waals surface area contributed by atoms with E-state index < -0.39 is 0 Å². The highest BCUT2D eigenvalue weighted by molar-refractivity contribution is 5.27. The van der Waals surface area contributed by atoms with Crippen molar-refractivity contribution in [2.24, 2.45) is 0 Å². The number of anilines is 1. The molecule has 2 aromatic rings. The lowest BCUT2D eigenvalue weighted by molar-refractivity contribution is 0.0998. The summed E-state index contributed by atoms with van der Waals surface area (Å²) in [6.07, 6.45) is 3.87. The Bertz CT molecular complexity index is 599. The van der Waals surface area contributed by atoms with Gasteiger partial charge in [-0.05, 0) is 19.5 Å². The fourth-order valence-corrected chi connectivity index (χ4v) is 2.83. The standard InChI is InChI=1S/C18H25N5/c1-15-13-23(9-8-22(15)2)14-17-11-20-18(21-12-17)19-10-16-6-4-3-5-7-16/h3-7,11-12,15H,8-10,13-14H2,1-2H3,(H,19,20,21)/t15-/m0/s1. The Balaban J connectivity index is 1.51. The maximum absolute atomic E-state index is 4.43. The van der Waals surface area contributed by atoms with Gasteiger partial charge in [0.1, 0.15) is 0 Å². The largest absolute Gasteiger partial charge is 0.350 e. The quantitative estimate of drug-likeness (QED) is 0.917. The van der Waals surface area contributed by atoms with Crippen molar-refractivity contribution in [2.75, 3.05) is 32.0 Å². The van der Waals surface area contributed by atoms with Crippen molar-refractivity contribution in [1.82, 2.24) is 19.8 Å². The average Bonchev–Trinajstić information content (AvgIpc) is 2.58. The number of nitrogens with one attached hydrogen (secondary N) is 1. The molecule has 0 saturated carbocycles. The van der Waals surface area contributed by atoms with Crippen LogP contribution in [0.1, 0.15) is 18.1 Å². The molecular weight excluding hydrogens is 286 g/mol. The molecule has 1 N–H and O–H groups in total. The maximum Gasteiger partial charge on any atom is 0.222 e. The minimum atomic E-state index is 0.608. The van der Waals surface area contributed by atoms with E-state index in [-0.39, 0.29) is 0 Å². The van der Waals surface area contributed by atoms with Gasteiger partial charge in [-0.1, -0.05) is 30.3 Å². The third kappa shape index (κ3) is 4.50. The molecule has 0 amide bonds. The van der Waals surface area contributed by atoms with E-state index in [1.807, 2.05) is 30.6 Å². The minimum absolute atomic E-state index is 0.608. The molecule has 1 saturated heterocycles. The van der Waals surface area contributed by atoms with E-state index in [2.05, 4.69) is 51.2 Å². The zero-order valence-electron chi connectivity index (χ0n) is 13.9. The molecule has 23 heavy (non-hydrogen) atoms. The average molecular weight is 311 g/mol. The zero-order chi connectivity index (χ0) is 16.1. The fourth-order valence-electron chi connectivity index (χ4n) is 2.83. The normalized spacial score (nSPS) is 19.7. The Kier molecular flexibility index (Phi) is 5.20. The van der Waals surface area contributed by atoms with Gasteiger partial charge in [0.15, 0.2) is 0 Å². The van der Waals surface area contributed by atoms with Crippen molar-refractivity contribution in [3.8, 4) is 0 Å². The molecule has 1 aliphatic rings. The Labute approximate surface area is 138 Å². The number of likely N-dealkylation sites (N-methyl/N-ethyl adjacent to an activating group) is 1. The first-order valence-electron chi connectivity index (χ1n) is 8.22. The molecule has 2 heterocycles. The topological polar surface area (TPSA) is 44.3 Å². The number of piperazine rings is 1. The second-order valence-electron chi connectivity index (χ2n) is 6.32. The summed E-state index contributed by atoms with van der Waals surface area (Å²) in [4.78, 5) is 13.7. The van der Waals surface area contributed by atoms with Gasteiger partial charge in [-0.2, -0.15) is 0 Å². The highest BCUT2D eigenvalue weighted by Gasteiger charge is 2.20. The third-order valence-electron chi connectivity index (χ3n) is 4.45. The van der Waals surface area contributed by atoms with E-state index in [9.17, 15) is 0 Å². The van der Waals surface area contributed by atoms with E-state index in [1.54, 1.807) is 0 Å². The van der Waals surface area contributed by atoms with Gasteiger partial charge in [-0.15, -0.1) is 0 Å². The molecule has 5 heteroatoms. The predicted molar refractivity (Wildman–Crippen MR) is 93.2 cm³/mol. The first kappa shape index (κ1) is 15.9. The van der Waals surface area contributed by atoms with Gasteiger partial charge in [-0.3, -0.25) is 4.90 Å². The molecule has 1 atom stereocenters. The maximum atomic E-state index is 4.43. The van der Waals surface area contributed by atoms with E-state index >= 15 is 0 Å². The van der Waals surface area contributed by atoms with Crippen LogP contribution in [0, 0.1) is 0 Å². The van der Waals surface area contributed by atoms with Crippen LogP contribution in [0.4, 0.5) is 5.95 Å². The van der Waals surface area contributed by atoms with Gasteiger partial charge in [0.2, 0.25) is 5.95 Å². The molecule has 0 radical (unpaired) electrons. The third-order valence-corrected chi connectivity index (χ3v) is 4.45. The molecule has 3 rings (SSSR count). The molecule has 0 unspecified atom stereocenters.